The molecule has 0 aromatic carbocycles. The van der Waals surface area contributed by atoms with Gasteiger partial charge in [0.15, 0.2) is 0 Å². The highest BCUT2D eigenvalue weighted by Gasteiger charge is 2.58. The average Bonchev–Trinajstić information content (AvgIpc) is 3.59. The lowest BCUT2D eigenvalue weighted by molar-refractivity contribution is -0.188. The zero-order chi connectivity index (χ0) is 49.1. The molecule has 0 aliphatic carbocycles. The van der Waals surface area contributed by atoms with E-state index in [2.05, 4.69) is 74.5 Å². The first-order chi connectivity index (χ1) is 29.2. The number of aliphatic hydroxyl groups is 3. The highest BCUT2D eigenvalue weighted by atomic mass is 16.6. The van der Waals surface area contributed by atoms with Crippen LogP contribution in [0.2, 0.25) is 0 Å². The minimum absolute atomic E-state index is 0.116. The van der Waals surface area contributed by atoms with Crippen molar-refractivity contribution in [1.82, 2.24) is 0 Å². The van der Waals surface area contributed by atoms with Crippen LogP contribution in [0.5, 0.6) is 0 Å². The van der Waals surface area contributed by atoms with Crippen molar-refractivity contribution in [3.05, 3.63) is 12.2 Å². The first-order valence-corrected chi connectivity index (χ1v) is 25.4. The van der Waals surface area contributed by atoms with Gasteiger partial charge < -0.3 is 43.7 Å². The van der Waals surface area contributed by atoms with E-state index in [-0.39, 0.29) is 43.0 Å². The van der Waals surface area contributed by atoms with Crippen molar-refractivity contribution < 1.29 is 48.5 Å². The second-order valence-corrected chi connectivity index (χ2v) is 24.1. The van der Waals surface area contributed by atoms with E-state index in [1.54, 1.807) is 41.5 Å². The molecule has 380 valence electrons. The number of unbranched alkanes of at least 4 members (excludes halogenated alkanes) is 11. The van der Waals surface area contributed by atoms with Gasteiger partial charge in [0.05, 0.1) is 78.3 Å². The lowest BCUT2D eigenvalue weighted by Gasteiger charge is -2.49. The van der Waals surface area contributed by atoms with Crippen LogP contribution < -0.4 is 0 Å². The number of rotatable bonds is 36. The summed E-state index contributed by atoms with van der Waals surface area (Å²) in [5.41, 5.74) is -6.50. The Hall–Kier alpha value is -1.11. The van der Waals surface area contributed by atoms with E-state index in [1.807, 2.05) is 13.8 Å². The molecule has 0 aromatic heterocycles. The predicted octanol–water partition coefficient (Wildman–Crippen LogP) is 12.3. The summed E-state index contributed by atoms with van der Waals surface area (Å²) in [6, 6.07) is 0. The van der Waals surface area contributed by atoms with E-state index in [9.17, 15) is 20.1 Å². The van der Waals surface area contributed by atoms with Crippen LogP contribution in [0.25, 0.3) is 0 Å². The molecular weight excluding hydrogens is 809 g/mol. The monoisotopic (exact) mass is 913 g/mol. The van der Waals surface area contributed by atoms with Crippen LogP contribution in [0.1, 0.15) is 227 Å². The van der Waals surface area contributed by atoms with Crippen molar-refractivity contribution in [1.29, 1.82) is 0 Å². The van der Waals surface area contributed by atoms with Gasteiger partial charge in [-0.3, -0.25) is 4.79 Å². The van der Waals surface area contributed by atoms with Gasteiger partial charge in [0.2, 0.25) is 0 Å². The zero-order valence-electron chi connectivity index (χ0n) is 44.7. The largest absolute Gasteiger partial charge is 0.457 e. The lowest BCUT2D eigenvalue weighted by Crippen LogP contribution is -2.56. The summed E-state index contributed by atoms with van der Waals surface area (Å²) in [4.78, 5) is 13.1. The second kappa shape index (κ2) is 27.2. The molecule has 64 heavy (non-hydrogen) atoms. The third-order valence-corrected chi connectivity index (χ3v) is 13.0. The third-order valence-electron chi connectivity index (χ3n) is 13.0. The summed E-state index contributed by atoms with van der Waals surface area (Å²) in [7, 11) is 0. The molecule has 1 aliphatic heterocycles. The highest BCUT2D eigenvalue weighted by Crippen LogP contribution is 2.50. The van der Waals surface area contributed by atoms with Crippen LogP contribution >= 0.6 is 0 Å². The quantitative estimate of drug-likeness (QED) is 0.0317. The summed E-state index contributed by atoms with van der Waals surface area (Å²) in [5.74, 6) is -0.755. The van der Waals surface area contributed by atoms with Crippen LogP contribution in [-0.4, -0.2) is 105 Å². The summed E-state index contributed by atoms with van der Waals surface area (Å²) in [6.07, 6.45) is 21.9. The molecular formula is C54H104O10. The van der Waals surface area contributed by atoms with Gasteiger partial charge in [0.25, 0.3) is 0 Å². The Labute approximate surface area is 394 Å². The minimum Gasteiger partial charge on any atom is -0.457 e. The molecule has 10 nitrogen and oxygen atoms in total. The molecule has 3 N–H and O–H groups in total. The van der Waals surface area contributed by atoms with Crippen LogP contribution in [0.4, 0.5) is 0 Å². The molecule has 1 heterocycles. The normalized spacial score (nSPS) is 19.2. The van der Waals surface area contributed by atoms with Gasteiger partial charge in [-0.1, -0.05) is 70.4 Å². The van der Waals surface area contributed by atoms with Gasteiger partial charge >= 0.3 is 5.97 Å². The van der Waals surface area contributed by atoms with Crippen LogP contribution in [-0.2, 0) is 33.2 Å². The van der Waals surface area contributed by atoms with E-state index in [4.69, 9.17) is 28.4 Å². The molecule has 1 saturated heterocycles. The lowest BCUT2D eigenvalue weighted by atomic mass is 9.65. The Morgan fingerprint density at radius 2 is 1.09 bits per heavy atom. The van der Waals surface area contributed by atoms with Gasteiger partial charge in [0, 0.05) is 24.2 Å². The number of carbonyl (C=O) groups excluding carboxylic acids is 1. The van der Waals surface area contributed by atoms with Gasteiger partial charge in [-0.2, -0.15) is 0 Å². The third kappa shape index (κ3) is 26.4. The van der Waals surface area contributed by atoms with E-state index in [1.165, 1.54) is 57.8 Å². The van der Waals surface area contributed by atoms with Crippen molar-refractivity contribution in [3.63, 3.8) is 0 Å². The summed E-state index contributed by atoms with van der Waals surface area (Å²) in [5, 5.41) is 31.9. The first kappa shape index (κ1) is 60.9. The van der Waals surface area contributed by atoms with Gasteiger partial charge in [-0.05, 0) is 162 Å². The molecule has 1 rings (SSSR count). The first-order valence-electron chi connectivity index (χ1n) is 25.4. The van der Waals surface area contributed by atoms with Crippen molar-refractivity contribution in [3.8, 4) is 0 Å². The average molecular weight is 913 g/mol. The maximum atomic E-state index is 13.1. The smallest absolute Gasteiger partial charge is 0.306 e. The van der Waals surface area contributed by atoms with Crippen molar-refractivity contribution >= 4 is 5.97 Å². The SMILES string of the molecule is CCCCCCCC/C=C\CCCCCCCC(=O)OC(C)(C)COC(C)(C)CC(C1OCC(C(C)(C)OCCC(C)(C)O)C1C(C)(C)OCC(C)(C)O)C(C)(C)OCCC(C)(C)O. The van der Waals surface area contributed by atoms with E-state index < -0.39 is 44.8 Å². The molecule has 1 aliphatic rings. The van der Waals surface area contributed by atoms with Crippen LogP contribution in [0.15, 0.2) is 12.2 Å². The number of allylic oxidation sites excluding steroid dienone is 2. The number of carbonyl (C=O) groups is 1. The summed E-state index contributed by atoms with van der Waals surface area (Å²) >= 11 is 0. The van der Waals surface area contributed by atoms with Crippen LogP contribution in [0, 0.1) is 17.8 Å². The summed E-state index contributed by atoms with van der Waals surface area (Å²) < 4.78 is 39.6. The molecule has 0 saturated carbocycles. The Morgan fingerprint density at radius 1 is 0.594 bits per heavy atom. The maximum absolute atomic E-state index is 13.1. The molecule has 0 bridgehead atoms. The molecule has 1 fully saturated rings. The standard InChI is InChI=1S/C54H104O10/c1-18-19-20-21-22-23-24-25-26-27-28-29-30-31-32-33-44(55)64-51(10,11)41-62-50(8,9)38-42(52(12,13)60-36-34-47(2,3)56)46-45(54(16,17)63-40-49(6,7)58)43(39-59-46)53(14,15)61-37-35-48(4,5)57/h25-26,42-43,45-46,56-58H,18-24,27-41H2,1-17H3/b26-25-. The van der Waals surface area contributed by atoms with Crippen molar-refractivity contribution in [2.24, 2.45) is 17.8 Å². The minimum atomic E-state index is -1.05. The predicted molar refractivity (Wildman–Crippen MR) is 263 cm³/mol. The fraction of sp³-hybridized carbons (Fsp3) is 0.944. The molecule has 0 spiro atoms. The van der Waals surface area contributed by atoms with Gasteiger partial charge in [-0.15, -0.1) is 0 Å². The summed E-state index contributed by atoms with van der Waals surface area (Å²) in [6.45, 7) is 34.8. The van der Waals surface area contributed by atoms with Crippen molar-refractivity contribution in [2.45, 2.75) is 278 Å². The highest BCUT2D eigenvalue weighted by molar-refractivity contribution is 5.69. The Balaban J connectivity index is 3.10. The fourth-order valence-corrected chi connectivity index (χ4v) is 8.78. The van der Waals surface area contributed by atoms with Crippen LogP contribution in [0.3, 0.4) is 0 Å². The number of ether oxygens (including phenoxy) is 6. The maximum Gasteiger partial charge on any atom is 0.306 e. The Bertz CT molecular complexity index is 1300. The number of hydrogen-bond acceptors (Lipinski definition) is 10. The zero-order valence-corrected chi connectivity index (χ0v) is 44.7. The van der Waals surface area contributed by atoms with Gasteiger partial charge in [0.1, 0.15) is 5.60 Å². The van der Waals surface area contributed by atoms with Gasteiger partial charge in [-0.25, -0.2) is 0 Å². The second-order valence-electron chi connectivity index (χ2n) is 24.1. The molecule has 0 amide bonds. The number of esters is 1. The van der Waals surface area contributed by atoms with Crippen molar-refractivity contribution in [2.75, 3.05) is 33.0 Å². The fourth-order valence-electron chi connectivity index (χ4n) is 8.78. The molecule has 0 aromatic rings. The Morgan fingerprint density at radius 3 is 1.61 bits per heavy atom. The molecule has 4 unspecified atom stereocenters. The Kier molecular flexibility index (Phi) is 25.9. The van der Waals surface area contributed by atoms with E-state index >= 15 is 0 Å². The molecule has 4 atom stereocenters. The number of hydrogen-bond donors (Lipinski definition) is 3. The van der Waals surface area contributed by atoms with E-state index in [0.29, 0.717) is 45.5 Å². The van der Waals surface area contributed by atoms with E-state index in [0.717, 1.165) is 25.7 Å². The molecule has 10 heteroatoms. The topological polar surface area (TPSA) is 133 Å². The molecule has 0 radical (unpaired) electrons.